The van der Waals surface area contributed by atoms with E-state index in [9.17, 15) is 9.59 Å². The quantitative estimate of drug-likeness (QED) is 0.466. The maximum atomic E-state index is 12.8. The van der Waals surface area contributed by atoms with Crippen LogP contribution in [0.25, 0.3) is 21.9 Å². The predicted molar refractivity (Wildman–Crippen MR) is 110 cm³/mol. The Kier molecular flexibility index (Phi) is 4.57. The van der Waals surface area contributed by atoms with Gasteiger partial charge >= 0.3 is 0 Å². The van der Waals surface area contributed by atoms with E-state index in [-0.39, 0.29) is 24.4 Å². The van der Waals surface area contributed by atoms with E-state index in [0.29, 0.717) is 23.3 Å². The van der Waals surface area contributed by atoms with Gasteiger partial charge in [-0.2, -0.15) is 0 Å². The lowest BCUT2D eigenvalue weighted by molar-refractivity contribution is -0.121. The minimum atomic E-state index is -0.178. The summed E-state index contributed by atoms with van der Waals surface area (Å²) in [5.41, 5.74) is 10.3. The van der Waals surface area contributed by atoms with Crippen LogP contribution in [0.15, 0.2) is 53.6 Å². The molecule has 2 aromatic heterocycles. The Morgan fingerprint density at radius 1 is 1.25 bits per heavy atom. The van der Waals surface area contributed by atoms with Crippen LogP contribution in [0.2, 0.25) is 0 Å². The van der Waals surface area contributed by atoms with Crippen LogP contribution in [0, 0.1) is 6.92 Å². The van der Waals surface area contributed by atoms with Crippen molar-refractivity contribution in [2.75, 3.05) is 5.73 Å². The molecule has 4 rings (SSSR count). The van der Waals surface area contributed by atoms with E-state index in [1.165, 1.54) is 10.9 Å². The summed E-state index contributed by atoms with van der Waals surface area (Å²) in [7, 11) is 0. The average molecular weight is 375 g/mol. The lowest BCUT2D eigenvalue weighted by Gasteiger charge is -2.07. The summed E-state index contributed by atoms with van der Waals surface area (Å²) >= 11 is 0. The van der Waals surface area contributed by atoms with Gasteiger partial charge in [-0.3, -0.25) is 14.2 Å². The van der Waals surface area contributed by atoms with Crippen LogP contribution in [0.5, 0.6) is 0 Å². The molecule has 0 aliphatic rings. The van der Waals surface area contributed by atoms with Gasteiger partial charge in [0.15, 0.2) is 0 Å². The molecule has 0 bridgehead atoms. The molecule has 0 unspecified atom stereocenters. The zero-order chi connectivity index (χ0) is 19.7. The highest BCUT2D eigenvalue weighted by atomic mass is 16.1. The molecule has 0 saturated carbocycles. The molecule has 0 atom stereocenters. The highest BCUT2D eigenvalue weighted by Crippen LogP contribution is 2.22. The van der Waals surface area contributed by atoms with Crippen LogP contribution >= 0.6 is 0 Å². The third kappa shape index (κ3) is 3.46. The third-order valence-electron chi connectivity index (χ3n) is 4.75. The molecule has 7 heteroatoms. The van der Waals surface area contributed by atoms with E-state index in [2.05, 4.69) is 15.3 Å². The molecular weight excluding hydrogens is 354 g/mol. The van der Waals surface area contributed by atoms with E-state index >= 15 is 0 Å². The summed E-state index contributed by atoms with van der Waals surface area (Å²) < 4.78 is 1.46. The number of amides is 1. The van der Waals surface area contributed by atoms with Crippen molar-refractivity contribution < 1.29 is 4.79 Å². The van der Waals surface area contributed by atoms with Gasteiger partial charge in [-0.1, -0.05) is 23.8 Å². The first kappa shape index (κ1) is 17.8. The molecule has 142 valence electrons. The first-order chi connectivity index (χ1) is 13.5. The van der Waals surface area contributed by atoms with Gasteiger partial charge in [0.05, 0.1) is 6.33 Å². The lowest BCUT2D eigenvalue weighted by Crippen LogP contribution is -2.27. The second kappa shape index (κ2) is 7.19. The molecule has 0 radical (unpaired) electrons. The number of rotatable bonds is 5. The van der Waals surface area contributed by atoms with Crippen LogP contribution in [-0.4, -0.2) is 20.4 Å². The summed E-state index contributed by atoms with van der Waals surface area (Å²) in [5, 5.41) is 3.77. The number of carbonyl (C=O) groups is 1. The van der Waals surface area contributed by atoms with Crippen LogP contribution < -0.4 is 16.6 Å². The van der Waals surface area contributed by atoms with Crippen LogP contribution in [0.1, 0.15) is 17.5 Å². The van der Waals surface area contributed by atoms with Gasteiger partial charge in [0.25, 0.3) is 5.56 Å². The van der Waals surface area contributed by atoms with E-state index < -0.39 is 0 Å². The maximum Gasteiger partial charge on any atom is 0.277 e. The predicted octanol–water partition coefficient (Wildman–Crippen LogP) is 2.47. The lowest BCUT2D eigenvalue weighted by atomic mass is 10.2. The zero-order valence-corrected chi connectivity index (χ0v) is 15.5. The van der Waals surface area contributed by atoms with Crippen molar-refractivity contribution in [3.8, 4) is 0 Å². The van der Waals surface area contributed by atoms with E-state index in [4.69, 9.17) is 5.73 Å². The summed E-state index contributed by atoms with van der Waals surface area (Å²) in [4.78, 5) is 32.5. The molecule has 0 aliphatic carbocycles. The van der Waals surface area contributed by atoms with E-state index in [0.717, 1.165) is 22.0 Å². The number of H-pyrrole nitrogens is 1. The van der Waals surface area contributed by atoms with Crippen LogP contribution in [0.4, 0.5) is 5.69 Å². The third-order valence-corrected chi connectivity index (χ3v) is 4.75. The maximum absolute atomic E-state index is 12.8. The zero-order valence-electron chi connectivity index (χ0n) is 15.5. The van der Waals surface area contributed by atoms with Crippen molar-refractivity contribution in [3.05, 3.63) is 70.3 Å². The minimum absolute atomic E-state index is 0.137. The molecule has 28 heavy (non-hydrogen) atoms. The Labute approximate surface area is 161 Å². The van der Waals surface area contributed by atoms with Crippen LogP contribution in [0.3, 0.4) is 0 Å². The van der Waals surface area contributed by atoms with Gasteiger partial charge in [-0.15, -0.1) is 0 Å². The number of nitrogens with zero attached hydrogens (tertiary/aromatic N) is 2. The fourth-order valence-corrected chi connectivity index (χ4v) is 3.28. The molecule has 1 amide bonds. The van der Waals surface area contributed by atoms with Crippen molar-refractivity contribution in [3.63, 3.8) is 0 Å². The summed E-state index contributed by atoms with van der Waals surface area (Å²) in [6, 6.07) is 13.3. The Hall–Kier alpha value is -3.61. The average Bonchev–Trinajstić information content (AvgIpc) is 3.05. The molecule has 2 heterocycles. The number of anilines is 1. The fourth-order valence-electron chi connectivity index (χ4n) is 3.28. The highest BCUT2D eigenvalue weighted by Gasteiger charge is 2.12. The number of aromatic nitrogens is 3. The number of aryl methyl sites for hydroxylation is 2. The Bertz CT molecular complexity index is 1240. The van der Waals surface area contributed by atoms with Crippen molar-refractivity contribution in [1.29, 1.82) is 0 Å². The van der Waals surface area contributed by atoms with Crippen LogP contribution in [-0.2, 0) is 17.9 Å². The molecule has 7 nitrogen and oxygen atoms in total. The smallest absolute Gasteiger partial charge is 0.277 e. The fraction of sp³-hybridized carbons (Fsp3) is 0.190. The molecule has 0 saturated heterocycles. The highest BCUT2D eigenvalue weighted by molar-refractivity contribution is 6.04. The van der Waals surface area contributed by atoms with Gasteiger partial charge in [-0.05, 0) is 36.8 Å². The number of carbonyl (C=O) groups excluding carboxylic acids is 1. The summed E-state index contributed by atoms with van der Waals surface area (Å²) in [6.07, 6.45) is 1.69. The number of nitrogens with two attached hydrogens (primary N) is 1. The summed E-state index contributed by atoms with van der Waals surface area (Å²) in [6.45, 7) is 2.66. The Morgan fingerprint density at radius 2 is 2.11 bits per heavy atom. The Balaban J connectivity index is 1.47. The van der Waals surface area contributed by atoms with Gasteiger partial charge in [0.2, 0.25) is 5.91 Å². The first-order valence-corrected chi connectivity index (χ1v) is 9.10. The molecule has 0 fully saturated rings. The minimum Gasteiger partial charge on any atom is -0.399 e. The van der Waals surface area contributed by atoms with Crippen molar-refractivity contribution in [2.45, 2.75) is 26.4 Å². The second-order valence-electron chi connectivity index (χ2n) is 6.91. The largest absolute Gasteiger partial charge is 0.399 e. The molecule has 4 aromatic rings. The van der Waals surface area contributed by atoms with Crippen molar-refractivity contribution in [1.82, 2.24) is 19.9 Å². The standard InChI is InChI=1S/C21H21N5O2/c1-13-5-6-17-16(9-13)19-20(25-17)21(28)26(12-24-19)8-7-18(27)23-11-14-3-2-4-15(22)10-14/h2-6,9-10,12,25H,7-8,11,22H2,1H3,(H,23,27). The van der Waals surface area contributed by atoms with E-state index in [1.807, 2.05) is 43.3 Å². The molecule has 4 N–H and O–H groups in total. The molecule has 0 aliphatic heterocycles. The van der Waals surface area contributed by atoms with Gasteiger partial charge in [0.1, 0.15) is 11.0 Å². The van der Waals surface area contributed by atoms with Crippen molar-refractivity contribution in [2.24, 2.45) is 0 Å². The summed E-state index contributed by atoms with van der Waals surface area (Å²) in [5.74, 6) is -0.137. The number of hydrogen-bond acceptors (Lipinski definition) is 4. The number of nitrogens with one attached hydrogen (secondary N) is 2. The first-order valence-electron chi connectivity index (χ1n) is 9.10. The van der Waals surface area contributed by atoms with Gasteiger partial charge in [0, 0.05) is 36.1 Å². The number of benzene rings is 2. The Morgan fingerprint density at radius 3 is 2.93 bits per heavy atom. The molecule has 0 spiro atoms. The monoisotopic (exact) mass is 375 g/mol. The SMILES string of the molecule is Cc1ccc2[nH]c3c(=O)n(CCC(=O)NCc4cccc(N)c4)cnc3c2c1. The van der Waals surface area contributed by atoms with Gasteiger partial charge in [-0.25, -0.2) is 4.98 Å². The molecule has 2 aromatic carbocycles. The number of hydrogen-bond donors (Lipinski definition) is 3. The number of fused-ring (bicyclic) bond motifs is 3. The number of nitrogen functional groups attached to an aromatic ring is 1. The van der Waals surface area contributed by atoms with Gasteiger partial charge < -0.3 is 16.0 Å². The number of aromatic amines is 1. The topological polar surface area (TPSA) is 106 Å². The van der Waals surface area contributed by atoms with Crippen molar-refractivity contribution >= 4 is 33.5 Å². The normalized spacial score (nSPS) is 11.2. The second-order valence-corrected chi connectivity index (χ2v) is 6.91. The molecular formula is C21H21N5O2. The van der Waals surface area contributed by atoms with E-state index in [1.54, 1.807) is 6.07 Å².